The van der Waals surface area contributed by atoms with Crippen LogP contribution >= 0.6 is 0 Å². The molecule has 0 aromatic rings. The summed E-state index contributed by atoms with van der Waals surface area (Å²) in [6.07, 6.45) is 23.8. The maximum absolute atomic E-state index is 9.03. The van der Waals surface area contributed by atoms with E-state index < -0.39 is 0 Å². The fourth-order valence-corrected chi connectivity index (χ4v) is 4.75. The van der Waals surface area contributed by atoms with Gasteiger partial charge in [-0.05, 0) is 82.0 Å². The number of nitrogens with zero attached hydrogens (tertiary/aromatic N) is 1. The number of nitriles is 1. The smallest absolute Gasteiger partial charge is 0.0655 e. The summed E-state index contributed by atoms with van der Waals surface area (Å²) in [5.74, 6) is 3.28. The molecular weight excluding hydrogens is 278 g/mol. The highest BCUT2D eigenvalue weighted by atomic mass is 14.4. The zero-order valence-corrected chi connectivity index (χ0v) is 15.3. The Morgan fingerprint density at radius 3 is 2.04 bits per heavy atom. The number of hydrogen-bond acceptors (Lipinski definition) is 1. The van der Waals surface area contributed by atoms with Gasteiger partial charge in [0.05, 0.1) is 6.07 Å². The van der Waals surface area contributed by atoms with Crippen LogP contribution in [0.3, 0.4) is 0 Å². The van der Waals surface area contributed by atoms with Crippen LogP contribution in [-0.4, -0.2) is 0 Å². The highest BCUT2D eigenvalue weighted by Crippen LogP contribution is 2.42. The number of allylic oxidation sites excluding steroid dienone is 2. The predicted octanol–water partition coefficient (Wildman–Crippen LogP) is 7.04. The average molecular weight is 316 g/mol. The van der Waals surface area contributed by atoms with Crippen molar-refractivity contribution in [3.8, 4) is 6.07 Å². The molecule has 1 heteroatoms. The molecule has 23 heavy (non-hydrogen) atoms. The van der Waals surface area contributed by atoms with Gasteiger partial charge in [0.25, 0.3) is 0 Å². The SMILES string of the molecule is CCCCC/C=C/CC[C@H]1CC[C@H]([C@H]2CC[C@H](C#N)CC2)CC1. The molecule has 0 unspecified atom stereocenters. The molecule has 0 aromatic carbocycles. The summed E-state index contributed by atoms with van der Waals surface area (Å²) >= 11 is 0. The maximum atomic E-state index is 9.03. The van der Waals surface area contributed by atoms with Crippen LogP contribution in [0.2, 0.25) is 0 Å². The Labute approximate surface area is 144 Å². The second-order valence-electron chi connectivity index (χ2n) is 8.07. The van der Waals surface area contributed by atoms with E-state index in [4.69, 9.17) is 5.26 Å². The van der Waals surface area contributed by atoms with Gasteiger partial charge in [-0.25, -0.2) is 0 Å². The molecule has 2 aliphatic rings. The minimum absolute atomic E-state index is 0.367. The van der Waals surface area contributed by atoms with E-state index >= 15 is 0 Å². The summed E-state index contributed by atoms with van der Waals surface area (Å²) in [7, 11) is 0. The van der Waals surface area contributed by atoms with Crippen LogP contribution in [0.15, 0.2) is 12.2 Å². The van der Waals surface area contributed by atoms with E-state index in [1.54, 1.807) is 0 Å². The minimum Gasteiger partial charge on any atom is -0.198 e. The van der Waals surface area contributed by atoms with Crippen molar-refractivity contribution in [2.24, 2.45) is 23.7 Å². The van der Waals surface area contributed by atoms with E-state index in [1.807, 2.05) is 0 Å². The fourth-order valence-electron chi connectivity index (χ4n) is 4.75. The highest BCUT2D eigenvalue weighted by molar-refractivity contribution is 4.90. The Morgan fingerprint density at radius 1 is 0.826 bits per heavy atom. The van der Waals surface area contributed by atoms with Gasteiger partial charge in [-0.2, -0.15) is 5.26 Å². The molecule has 0 aromatic heterocycles. The van der Waals surface area contributed by atoms with E-state index in [1.165, 1.54) is 89.9 Å². The maximum Gasteiger partial charge on any atom is 0.0655 e. The molecule has 1 nitrogen and oxygen atoms in total. The van der Waals surface area contributed by atoms with Gasteiger partial charge in [0.1, 0.15) is 0 Å². The van der Waals surface area contributed by atoms with Gasteiger partial charge >= 0.3 is 0 Å². The molecule has 0 radical (unpaired) electrons. The van der Waals surface area contributed by atoms with Crippen molar-refractivity contribution in [1.82, 2.24) is 0 Å². The minimum atomic E-state index is 0.367. The van der Waals surface area contributed by atoms with Crippen LogP contribution in [0.25, 0.3) is 0 Å². The second kappa shape index (κ2) is 10.9. The Morgan fingerprint density at radius 2 is 1.43 bits per heavy atom. The van der Waals surface area contributed by atoms with Crippen LogP contribution in [0.5, 0.6) is 0 Å². The molecular formula is C22H37N. The molecule has 0 spiro atoms. The van der Waals surface area contributed by atoms with Gasteiger partial charge in [-0.1, -0.05) is 44.8 Å². The van der Waals surface area contributed by atoms with Crippen molar-refractivity contribution < 1.29 is 0 Å². The zero-order valence-electron chi connectivity index (χ0n) is 15.3. The van der Waals surface area contributed by atoms with Crippen LogP contribution in [0, 0.1) is 35.0 Å². The molecule has 130 valence electrons. The summed E-state index contributed by atoms with van der Waals surface area (Å²) in [5, 5.41) is 9.03. The summed E-state index contributed by atoms with van der Waals surface area (Å²) in [6.45, 7) is 2.27. The van der Waals surface area contributed by atoms with Crippen LogP contribution < -0.4 is 0 Å². The predicted molar refractivity (Wildman–Crippen MR) is 99.0 cm³/mol. The molecule has 2 rings (SSSR count). The highest BCUT2D eigenvalue weighted by Gasteiger charge is 2.30. The summed E-state index contributed by atoms with van der Waals surface area (Å²) < 4.78 is 0. The van der Waals surface area contributed by atoms with E-state index in [0.29, 0.717) is 5.92 Å². The number of unbranched alkanes of at least 4 members (excludes halogenated alkanes) is 3. The van der Waals surface area contributed by atoms with Gasteiger partial charge in [-0.3, -0.25) is 0 Å². The third-order valence-electron chi connectivity index (χ3n) is 6.40. The standard InChI is InChI=1S/C22H37N/c1-2-3-4-5-6-7-8-9-19-10-14-21(15-11-19)22-16-12-20(18-23)13-17-22/h6-7,19-22H,2-5,8-17H2,1H3/b7-6+/t19-,20-,21-,22-. The number of hydrogen-bond donors (Lipinski definition) is 0. The Bertz CT molecular complexity index is 362. The molecule has 0 aliphatic heterocycles. The van der Waals surface area contributed by atoms with Gasteiger partial charge in [0, 0.05) is 5.92 Å². The zero-order chi connectivity index (χ0) is 16.3. The summed E-state index contributed by atoms with van der Waals surface area (Å²) in [5.41, 5.74) is 0. The molecule has 0 heterocycles. The van der Waals surface area contributed by atoms with Crippen molar-refractivity contribution in [1.29, 1.82) is 5.26 Å². The molecule has 2 aliphatic carbocycles. The lowest BCUT2D eigenvalue weighted by Gasteiger charge is -2.36. The van der Waals surface area contributed by atoms with E-state index in [9.17, 15) is 0 Å². The van der Waals surface area contributed by atoms with Crippen molar-refractivity contribution >= 4 is 0 Å². The topological polar surface area (TPSA) is 23.8 Å². The number of rotatable bonds is 8. The second-order valence-corrected chi connectivity index (χ2v) is 8.07. The third-order valence-corrected chi connectivity index (χ3v) is 6.40. The van der Waals surface area contributed by atoms with E-state index in [-0.39, 0.29) is 0 Å². The van der Waals surface area contributed by atoms with Gasteiger partial charge in [-0.15, -0.1) is 0 Å². The Hall–Kier alpha value is -0.770. The lowest BCUT2D eigenvalue weighted by atomic mass is 9.69. The van der Waals surface area contributed by atoms with Gasteiger partial charge < -0.3 is 0 Å². The van der Waals surface area contributed by atoms with Crippen molar-refractivity contribution in [2.75, 3.05) is 0 Å². The Balaban J connectivity index is 1.55. The van der Waals surface area contributed by atoms with Crippen LogP contribution in [-0.2, 0) is 0 Å². The lowest BCUT2D eigenvalue weighted by molar-refractivity contribution is 0.154. The van der Waals surface area contributed by atoms with Crippen molar-refractivity contribution in [3.05, 3.63) is 12.2 Å². The van der Waals surface area contributed by atoms with Crippen molar-refractivity contribution in [2.45, 2.75) is 96.8 Å². The monoisotopic (exact) mass is 315 g/mol. The third kappa shape index (κ3) is 6.70. The first-order chi connectivity index (χ1) is 11.3. The van der Waals surface area contributed by atoms with Crippen LogP contribution in [0.1, 0.15) is 96.8 Å². The first-order valence-electron chi connectivity index (χ1n) is 10.4. The van der Waals surface area contributed by atoms with E-state index in [2.05, 4.69) is 25.1 Å². The van der Waals surface area contributed by atoms with Gasteiger partial charge in [0.15, 0.2) is 0 Å². The first kappa shape index (κ1) is 18.6. The molecule has 2 saturated carbocycles. The largest absolute Gasteiger partial charge is 0.198 e. The molecule has 0 N–H and O–H groups in total. The van der Waals surface area contributed by atoms with E-state index in [0.717, 1.165) is 17.8 Å². The van der Waals surface area contributed by atoms with Crippen LogP contribution in [0.4, 0.5) is 0 Å². The summed E-state index contributed by atoms with van der Waals surface area (Å²) in [6, 6.07) is 2.47. The Kier molecular flexibility index (Phi) is 8.80. The van der Waals surface area contributed by atoms with Crippen molar-refractivity contribution in [3.63, 3.8) is 0 Å². The lowest BCUT2D eigenvalue weighted by Crippen LogP contribution is -2.25. The fraction of sp³-hybridized carbons (Fsp3) is 0.864. The summed E-state index contributed by atoms with van der Waals surface area (Å²) in [4.78, 5) is 0. The van der Waals surface area contributed by atoms with Gasteiger partial charge in [0.2, 0.25) is 0 Å². The average Bonchev–Trinajstić information content (AvgIpc) is 2.61. The molecule has 2 fully saturated rings. The molecule has 0 saturated heterocycles. The molecule has 0 bridgehead atoms. The normalized spacial score (nSPS) is 32.0. The first-order valence-corrected chi connectivity index (χ1v) is 10.4. The molecule has 0 atom stereocenters. The molecule has 0 amide bonds. The quantitative estimate of drug-likeness (QED) is 0.348.